The van der Waals surface area contributed by atoms with Crippen molar-refractivity contribution in [3.63, 3.8) is 0 Å². The van der Waals surface area contributed by atoms with Gasteiger partial charge in [0.25, 0.3) is 0 Å². The van der Waals surface area contributed by atoms with Crippen LogP contribution in [0.15, 0.2) is 18.2 Å². The molecule has 2 nitrogen and oxygen atoms in total. The van der Waals surface area contributed by atoms with Crippen molar-refractivity contribution in [2.75, 3.05) is 6.61 Å². The monoisotopic (exact) mass is 211 g/mol. The van der Waals surface area contributed by atoms with E-state index in [-0.39, 0.29) is 5.41 Å². The summed E-state index contributed by atoms with van der Waals surface area (Å²) >= 11 is 6.19. The van der Waals surface area contributed by atoms with Crippen LogP contribution in [0.2, 0.25) is 5.02 Å². The molecule has 1 aliphatic carbocycles. The topological polar surface area (TPSA) is 35.2 Å². The quantitative estimate of drug-likeness (QED) is 0.780. The fourth-order valence-electron chi connectivity index (χ4n) is 2.08. The van der Waals surface area contributed by atoms with E-state index in [4.69, 9.17) is 22.3 Å². The van der Waals surface area contributed by atoms with Crippen LogP contribution in [0.1, 0.15) is 24.0 Å². The van der Waals surface area contributed by atoms with Gasteiger partial charge in [0.1, 0.15) is 0 Å². The highest BCUT2D eigenvalue weighted by molar-refractivity contribution is 6.31. The average molecular weight is 212 g/mol. The van der Waals surface area contributed by atoms with Crippen molar-refractivity contribution < 1.29 is 4.84 Å². The van der Waals surface area contributed by atoms with Crippen LogP contribution >= 0.6 is 11.6 Å². The second-order valence-corrected chi connectivity index (χ2v) is 4.43. The zero-order chi connectivity index (χ0) is 10.2. The van der Waals surface area contributed by atoms with Gasteiger partial charge < -0.3 is 4.84 Å². The third-order valence-corrected chi connectivity index (χ3v) is 3.28. The van der Waals surface area contributed by atoms with Crippen LogP contribution in [0.4, 0.5) is 0 Å². The Morgan fingerprint density at radius 1 is 1.50 bits per heavy atom. The first-order chi connectivity index (χ1) is 6.69. The van der Waals surface area contributed by atoms with Crippen molar-refractivity contribution in [3.05, 3.63) is 34.3 Å². The van der Waals surface area contributed by atoms with Gasteiger partial charge in [-0.1, -0.05) is 23.7 Å². The molecule has 3 heteroatoms. The lowest BCUT2D eigenvalue weighted by atomic mass is 9.92. The third-order valence-electron chi connectivity index (χ3n) is 2.97. The lowest BCUT2D eigenvalue weighted by Gasteiger charge is -2.18. The number of aryl methyl sites for hydroxylation is 1. The zero-order valence-corrected chi connectivity index (χ0v) is 8.97. The van der Waals surface area contributed by atoms with Gasteiger partial charge in [0, 0.05) is 10.4 Å². The standard InChI is InChI=1S/C11H14ClNO/c1-8-3-2-4-9(12)10(8)11(5-6-11)7-14-13/h2-4H,5-7,13H2,1H3. The van der Waals surface area contributed by atoms with Crippen LogP contribution in [-0.4, -0.2) is 6.61 Å². The smallest absolute Gasteiger partial charge is 0.0776 e. The van der Waals surface area contributed by atoms with Crippen molar-refractivity contribution in [1.82, 2.24) is 0 Å². The van der Waals surface area contributed by atoms with E-state index in [0.717, 1.165) is 17.9 Å². The highest BCUT2D eigenvalue weighted by Crippen LogP contribution is 2.51. The fourth-order valence-corrected chi connectivity index (χ4v) is 2.50. The van der Waals surface area contributed by atoms with Crippen LogP contribution < -0.4 is 5.90 Å². The van der Waals surface area contributed by atoms with E-state index in [1.807, 2.05) is 12.1 Å². The predicted octanol–water partition coefficient (Wildman–Crippen LogP) is 2.57. The Bertz CT molecular complexity index is 327. The number of benzene rings is 1. The predicted molar refractivity (Wildman–Crippen MR) is 57.2 cm³/mol. The normalized spacial score (nSPS) is 18.2. The van der Waals surface area contributed by atoms with E-state index < -0.39 is 0 Å². The molecular formula is C11H14ClNO. The van der Waals surface area contributed by atoms with E-state index in [0.29, 0.717) is 6.61 Å². The molecule has 2 rings (SSSR count). The number of nitrogens with two attached hydrogens (primary N) is 1. The largest absolute Gasteiger partial charge is 0.304 e. The number of halogens is 1. The zero-order valence-electron chi connectivity index (χ0n) is 8.22. The van der Waals surface area contributed by atoms with Gasteiger partial charge in [-0.05, 0) is 37.0 Å². The summed E-state index contributed by atoms with van der Waals surface area (Å²) in [4.78, 5) is 4.77. The first kappa shape index (κ1) is 9.97. The molecule has 0 unspecified atom stereocenters. The first-order valence-corrected chi connectivity index (χ1v) is 5.15. The second-order valence-electron chi connectivity index (χ2n) is 4.02. The Morgan fingerprint density at radius 2 is 2.21 bits per heavy atom. The van der Waals surface area contributed by atoms with E-state index in [1.54, 1.807) is 0 Å². The molecular weight excluding hydrogens is 198 g/mol. The Balaban J connectivity index is 2.40. The molecule has 0 saturated heterocycles. The van der Waals surface area contributed by atoms with Gasteiger partial charge in [-0.25, -0.2) is 5.90 Å². The van der Waals surface area contributed by atoms with Crippen molar-refractivity contribution in [1.29, 1.82) is 0 Å². The summed E-state index contributed by atoms with van der Waals surface area (Å²) in [7, 11) is 0. The molecule has 76 valence electrons. The highest BCUT2D eigenvalue weighted by Gasteiger charge is 2.46. The Hall–Kier alpha value is -0.570. The summed E-state index contributed by atoms with van der Waals surface area (Å²) in [6, 6.07) is 5.98. The molecule has 1 aromatic carbocycles. The minimum absolute atomic E-state index is 0.0944. The summed E-state index contributed by atoms with van der Waals surface area (Å²) in [6.45, 7) is 2.65. The molecule has 0 aliphatic heterocycles. The molecule has 0 aromatic heterocycles. The van der Waals surface area contributed by atoms with Crippen molar-refractivity contribution in [2.45, 2.75) is 25.2 Å². The average Bonchev–Trinajstić information content (AvgIpc) is 2.86. The Labute approximate surface area is 89.0 Å². The number of hydrogen-bond donors (Lipinski definition) is 1. The lowest BCUT2D eigenvalue weighted by molar-refractivity contribution is 0.116. The van der Waals surface area contributed by atoms with Crippen LogP contribution in [0.5, 0.6) is 0 Å². The maximum atomic E-state index is 6.19. The molecule has 1 aromatic rings. The maximum absolute atomic E-state index is 6.19. The minimum atomic E-state index is 0.0944. The van der Waals surface area contributed by atoms with Crippen LogP contribution in [0.3, 0.4) is 0 Å². The van der Waals surface area contributed by atoms with Crippen LogP contribution in [0.25, 0.3) is 0 Å². The van der Waals surface area contributed by atoms with E-state index in [2.05, 4.69) is 13.0 Å². The molecule has 14 heavy (non-hydrogen) atoms. The minimum Gasteiger partial charge on any atom is -0.304 e. The van der Waals surface area contributed by atoms with E-state index in [1.165, 1.54) is 11.1 Å². The van der Waals surface area contributed by atoms with Gasteiger partial charge in [-0.2, -0.15) is 0 Å². The molecule has 1 saturated carbocycles. The molecule has 0 spiro atoms. The molecule has 1 fully saturated rings. The summed E-state index contributed by atoms with van der Waals surface area (Å²) in [5.41, 5.74) is 2.54. The summed E-state index contributed by atoms with van der Waals surface area (Å²) in [6.07, 6.45) is 2.24. The summed E-state index contributed by atoms with van der Waals surface area (Å²) in [5, 5.41) is 0.833. The molecule has 0 atom stereocenters. The lowest BCUT2D eigenvalue weighted by Crippen LogP contribution is -2.19. The van der Waals surface area contributed by atoms with Crippen molar-refractivity contribution in [3.8, 4) is 0 Å². The molecule has 0 heterocycles. The molecule has 0 bridgehead atoms. The summed E-state index contributed by atoms with van der Waals surface area (Å²) < 4.78 is 0. The van der Waals surface area contributed by atoms with Crippen molar-refractivity contribution in [2.24, 2.45) is 5.90 Å². The van der Waals surface area contributed by atoms with Crippen molar-refractivity contribution >= 4 is 11.6 Å². The van der Waals surface area contributed by atoms with Gasteiger partial charge in [0.15, 0.2) is 0 Å². The van der Waals surface area contributed by atoms with Gasteiger partial charge in [0.05, 0.1) is 6.61 Å². The first-order valence-electron chi connectivity index (χ1n) is 4.77. The SMILES string of the molecule is Cc1cccc(Cl)c1C1(CON)CC1. The fraction of sp³-hybridized carbons (Fsp3) is 0.455. The van der Waals surface area contributed by atoms with Crippen LogP contribution in [0, 0.1) is 6.92 Å². The van der Waals surface area contributed by atoms with Crippen LogP contribution in [-0.2, 0) is 10.3 Å². The molecule has 2 N–H and O–H groups in total. The summed E-state index contributed by atoms with van der Waals surface area (Å²) in [5.74, 6) is 5.15. The Kier molecular flexibility index (Phi) is 2.52. The molecule has 0 amide bonds. The van der Waals surface area contributed by atoms with Gasteiger partial charge in [-0.15, -0.1) is 0 Å². The van der Waals surface area contributed by atoms with Gasteiger partial charge in [0.2, 0.25) is 0 Å². The number of hydrogen-bond acceptors (Lipinski definition) is 2. The number of rotatable bonds is 3. The van der Waals surface area contributed by atoms with Gasteiger partial charge >= 0.3 is 0 Å². The molecule has 1 aliphatic rings. The van der Waals surface area contributed by atoms with E-state index in [9.17, 15) is 0 Å². The van der Waals surface area contributed by atoms with E-state index >= 15 is 0 Å². The highest BCUT2D eigenvalue weighted by atomic mass is 35.5. The maximum Gasteiger partial charge on any atom is 0.0776 e. The Morgan fingerprint density at radius 3 is 2.71 bits per heavy atom. The van der Waals surface area contributed by atoms with Gasteiger partial charge in [-0.3, -0.25) is 0 Å². The molecule has 0 radical (unpaired) electrons. The second kappa shape index (κ2) is 3.54. The third kappa shape index (κ3) is 1.54.